The van der Waals surface area contributed by atoms with Crippen LogP contribution < -0.4 is 5.32 Å². The Morgan fingerprint density at radius 2 is 2.09 bits per heavy atom. The largest absolute Gasteiger partial charge is 0.355 e. The van der Waals surface area contributed by atoms with Crippen LogP contribution in [0.1, 0.15) is 56.2 Å². The van der Waals surface area contributed by atoms with Crippen LogP contribution in [0.2, 0.25) is 0 Å². The Kier molecular flexibility index (Phi) is 4.46. The first kappa shape index (κ1) is 15.6. The molecule has 0 spiro atoms. The van der Waals surface area contributed by atoms with Gasteiger partial charge in [-0.2, -0.15) is 0 Å². The summed E-state index contributed by atoms with van der Waals surface area (Å²) in [6.45, 7) is 3.30. The van der Waals surface area contributed by atoms with Crippen LogP contribution in [0.15, 0.2) is 17.5 Å². The normalized spacial score (nSPS) is 27.9. The maximum absolute atomic E-state index is 13.1. The van der Waals surface area contributed by atoms with Gasteiger partial charge in [-0.1, -0.05) is 25.3 Å². The van der Waals surface area contributed by atoms with Crippen molar-refractivity contribution in [2.45, 2.75) is 62.8 Å². The Morgan fingerprint density at radius 3 is 2.78 bits per heavy atom. The van der Waals surface area contributed by atoms with E-state index in [1.165, 1.54) is 56.5 Å². The summed E-state index contributed by atoms with van der Waals surface area (Å²) in [6, 6.07) is 5.13. The average Bonchev–Trinajstić information content (AvgIpc) is 3.11. The van der Waals surface area contributed by atoms with E-state index in [4.69, 9.17) is 0 Å². The SMILES string of the molecule is O=C(NC[C@H]1CCN(C2CC2)C1)C1(c2cccs2)CCCCC1. The molecule has 3 fully saturated rings. The Hall–Kier alpha value is -0.870. The molecule has 126 valence electrons. The van der Waals surface area contributed by atoms with Crippen LogP contribution in [-0.2, 0) is 10.2 Å². The second kappa shape index (κ2) is 6.56. The highest BCUT2D eigenvalue weighted by Gasteiger charge is 2.42. The molecule has 0 unspecified atom stereocenters. The molecule has 1 amide bonds. The Morgan fingerprint density at radius 1 is 1.26 bits per heavy atom. The van der Waals surface area contributed by atoms with Crippen LogP contribution >= 0.6 is 11.3 Å². The molecule has 1 aliphatic heterocycles. The number of rotatable bonds is 5. The zero-order valence-electron chi connectivity index (χ0n) is 13.9. The van der Waals surface area contributed by atoms with E-state index in [1.807, 2.05) is 0 Å². The van der Waals surface area contributed by atoms with E-state index in [1.54, 1.807) is 11.3 Å². The zero-order valence-corrected chi connectivity index (χ0v) is 14.7. The topological polar surface area (TPSA) is 32.3 Å². The summed E-state index contributed by atoms with van der Waals surface area (Å²) in [4.78, 5) is 17.0. The van der Waals surface area contributed by atoms with Gasteiger partial charge in [0.05, 0.1) is 5.41 Å². The summed E-state index contributed by atoms with van der Waals surface area (Å²) < 4.78 is 0. The monoisotopic (exact) mass is 332 g/mol. The molecular weight excluding hydrogens is 304 g/mol. The Labute approximate surface area is 143 Å². The van der Waals surface area contributed by atoms with Crippen molar-refractivity contribution in [3.8, 4) is 0 Å². The molecule has 4 heteroatoms. The number of likely N-dealkylation sites (tertiary alicyclic amines) is 1. The fourth-order valence-corrected chi connectivity index (χ4v) is 5.48. The molecule has 0 radical (unpaired) electrons. The molecule has 0 bridgehead atoms. The number of thiophene rings is 1. The minimum Gasteiger partial charge on any atom is -0.355 e. The fraction of sp³-hybridized carbons (Fsp3) is 0.737. The maximum Gasteiger partial charge on any atom is 0.231 e. The third kappa shape index (κ3) is 3.20. The highest BCUT2D eigenvalue weighted by Crippen LogP contribution is 2.42. The van der Waals surface area contributed by atoms with Crippen LogP contribution in [0.25, 0.3) is 0 Å². The minimum atomic E-state index is -0.235. The molecule has 2 aliphatic carbocycles. The van der Waals surface area contributed by atoms with E-state index in [0.717, 1.165) is 25.4 Å². The number of nitrogens with zero attached hydrogens (tertiary/aromatic N) is 1. The van der Waals surface area contributed by atoms with E-state index in [0.29, 0.717) is 11.8 Å². The Bertz CT molecular complexity index is 532. The van der Waals surface area contributed by atoms with Crippen molar-refractivity contribution in [3.05, 3.63) is 22.4 Å². The predicted molar refractivity (Wildman–Crippen MR) is 94.8 cm³/mol. The van der Waals surface area contributed by atoms with Crippen molar-refractivity contribution >= 4 is 17.2 Å². The lowest BCUT2D eigenvalue weighted by Crippen LogP contribution is -2.46. The molecule has 1 aromatic rings. The van der Waals surface area contributed by atoms with Gasteiger partial charge in [-0.15, -0.1) is 11.3 Å². The molecule has 1 saturated heterocycles. The first-order valence-corrected chi connectivity index (χ1v) is 10.2. The lowest BCUT2D eigenvalue weighted by molar-refractivity contribution is -0.128. The summed E-state index contributed by atoms with van der Waals surface area (Å²) in [5.41, 5.74) is -0.235. The molecule has 23 heavy (non-hydrogen) atoms. The van der Waals surface area contributed by atoms with Crippen LogP contribution in [0.3, 0.4) is 0 Å². The summed E-state index contributed by atoms with van der Waals surface area (Å²) >= 11 is 1.76. The fourth-order valence-electron chi connectivity index (χ4n) is 4.50. The summed E-state index contributed by atoms with van der Waals surface area (Å²) in [6.07, 6.45) is 9.73. The maximum atomic E-state index is 13.1. The Balaban J connectivity index is 1.38. The highest BCUT2D eigenvalue weighted by molar-refractivity contribution is 7.10. The summed E-state index contributed by atoms with van der Waals surface area (Å²) in [5.74, 6) is 0.952. The van der Waals surface area contributed by atoms with E-state index >= 15 is 0 Å². The third-order valence-electron chi connectivity index (χ3n) is 6.07. The van der Waals surface area contributed by atoms with Crippen molar-refractivity contribution < 1.29 is 4.79 Å². The van der Waals surface area contributed by atoms with Gasteiger partial charge in [0.1, 0.15) is 0 Å². The molecule has 1 aromatic heterocycles. The third-order valence-corrected chi connectivity index (χ3v) is 7.14. The second-order valence-electron chi connectivity index (χ2n) is 7.71. The quantitative estimate of drug-likeness (QED) is 0.894. The smallest absolute Gasteiger partial charge is 0.231 e. The van der Waals surface area contributed by atoms with E-state index in [9.17, 15) is 4.79 Å². The van der Waals surface area contributed by atoms with Crippen molar-refractivity contribution in [2.75, 3.05) is 19.6 Å². The molecular formula is C19H28N2OS. The molecule has 1 atom stereocenters. The van der Waals surface area contributed by atoms with Crippen LogP contribution in [0.4, 0.5) is 0 Å². The van der Waals surface area contributed by atoms with Gasteiger partial charge in [0.15, 0.2) is 0 Å². The number of amides is 1. The number of carbonyl (C=O) groups is 1. The predicted octanol–water partition coefficient (Wildman–Crippen LogP) is 3.55. The van der Waals surface area contributed by atoms with Crippen LogP contribution in [0.5, 0.6) is 0 Å². The number of hydrogen-bond acceptors (Lipinski definition) is 3. The molecule has 3 nitrogen and oxygen atoms in total. The zero-order chi connectivity index (χ0) is 15.7. The average molecular weight is 333 g/mol. The lowest BCUT2D eigenvalue weighted by atomic mass is 9.72. The van der Waals surface area contributed by atoms with Crippen LogP contribution in [0, 0.1) is 5.92 Å². The molecule has 2 heterocycles. The van der Waals surface area contributed by atoms with Gasteiger partial charge < -0.3 is 10.2 Å². The first-order valence-electron chi connectivity index (χ1n) is 9.34. The van der Waals surface area contributed by atoms with E-state index in [-0.39, 0.29) is 5.41 Å². The summed E-state index contributed by atoms with van der Waals surface area (Å²) in [7, 11) is 0. The lowest BCUT2D eigenvalue weighted by Gasteiger charge is -2.35. The van der Waals surface area contributed by atoms with Gasteiger partial charge in [-0.25, -0.2) is 0 Å². The molecule has 2 saturated carbocycles. The van der Waals surface area contributed by atoms with Crippen molar-refractivity contribution in [3.63, 3.8) is 0 Å². The van der Waals surface area contributed by atoms with Gasteiger partial charge in [-0.3, -0.25) is 4.79 Å². The van der Waals surface area contributed by atoms with Gasteiger partial charge in [0.2, 0.25) is 5.91 Å². The van der Waals surface area contributed by atoms with Crippen molar-refractivity contribution in [1.82, 2.24) is 10.2 Å². The number of nitrogens with one attached hydrogen (secondary N) is 1. The minimum absolute atomic E-state index is 0.235. The van der Waals surface area contributed by atoms with Gasteiger partial charge in [0, 0.05) is 24.0 Å². The van der Waals surface area contributed by atoms with Crippen LogP contribution in [-0.4, -0.2) is 36.5 Å². The van der Waals surface area contributed by atoms with Gasteiger partial charge in [-0.05, 0) is 56.0 Å². The van der Waals surface area contributed by atoms with Crippen molar-refractivity contribution in [1.29, 1.82) is 0 Å². The van der Waals surface area contributed by atoms with Crippen molar-refractivity contribution in [2.24, 2.45) is 5.92 Å². The molecule has 4 rings (SSSR count). The van der Waals surface area contributed by atoms with E-state index < -0.39 is 0 Å². The van der Waals surface area contributed by atoms with E-state index in [2.05, 4.69) is 27.7 Å². The molecule has 1 N–H and O–H groups in total. The molecule has 3 aliphatic rings. The second-order valence-corrected chi connectivity index (χ2v) is 8.66. The standard InChI is InChI=1S/C19H28N2OS/c22-18(20-13-15-8-11-21(14-15)16-6-7-16)19(9-2-1-3-10-19)17-5-4-12-23-17/h4-5,12,15-16H,1-3,6-11,13-14H2,(H,20,22)/t15-/m1/s1. The number of carbonyl (C=O) groups excluding carboxylic acids is 1. The molecule has 0 aromatic carbocycles. The summed E-state index contributed by atoms with van der Waals surface area (Å²) in [5, 5.41) is 5.46. The highest BCUT2D eigenvalue weighted by atomic mass is 32.1. The van der Waals surface area contributed by atoms with Gasteiger partial charge in [0.25, 0.3) is 0 Å². The first-order chi connectivity index (χ1) is 11.3. The number of hydrogen-bond donors (Lipinski definition) is 1. The van der Waals surface area contributed by atoms with Gasteiger partial charge >= 0.3 is 0 Å².